The van der Waals surface area contributed by atoms with Crippen LogP contribution < -0.4 is 10.6 Å². The van der Waals surface area contributed by atoms with Gasteiger partial charge in [0.1, 0.15) is 0 Å². The summed E-state index contributed by atoms with van der Waals surface area (Å²) < 4.78 is 5.46. The zero-order chi connectivity index (χ0) is 19.0. The molecule has 1 fully saturated rings. The molecule has 0 amide bonds. The zero-order valence-electron chi connectivity index (χ0n) is 17.5. The fraction of sp³-hybridized carbons (Fsp3) is 0.667. The Morgan fingerprint density at radius 2 is 1.81 bits per heavy atom. The molecule has 1 aromatic carbocycles. The van der Waals surface area contributed by atoms with E-state index >= 15 is 0 Å². The van der Waals surface area contributed by atoms with Gasteiger partial charge in [-0.25, -0.2) is 0 Å². The van der Waals surface area contributed by atoms with Crippen molar-refractivity contribution in [1.82, 2.24) is 15.5 Å². The molecule has 1 aliphatic rings. The van der Waals surface area contributed by atoms with Gasteiger partial charge in [0.25, 0.3) is 0 Å². The van der Waals surface area contributed by atoms with Gasteiger partial charge in [0.15, 0.2) is 5.96 Å². The lowest BCUT2D eigenvalue weighted by atomic mass is 9.98. The highest BCUT2D eigenvalue weighted by atomic mass is 127. The van der Waals surface area contributed by atoms with Crippen LogP contribution in [-0.2, 0) is 17.8 Å². The van der Waals surface area contributed by atoms with E-state index in [1.54, 1.807) is 14.2 Å². The minimum Gasteiger partial charge on any atom is -0.377 e. The maximum absolute atomic E-state index is 5.46. The molecule has 1 aromatic rings. The van der Waals surface area contributed by atoms with E-state index in [1.165, 1.54) is 37.1 Å². The van der Waals surface area contributed by atoms with Crippen LogP contribution in [0.3, 0.4) is 0 Å². The van der Waals surface area contributed by atoms with E-state index < -0.39 is 0 Å². The molecule has 0 aliphatic carbocycles. The molecule has 0 spiro atoms. The number of hydrogen-bond acceptors (Lipinski definition) is 3. The Bertz CT molecular complexity index is 583. The fourth-order valence-electron chi connectivity index (χ4n) is 3.11. The Kier molecular flexibility index (Phi) is 10.6. The van der Waals surface area contributed by atoms with Gasteiger partial charge in [0.05, 0.1) is 5.60 Å². The quantitative estimate of drug-likeness (QED) is 0.350. The Labute approximate surface area is 182 Å². The van der Waals surface area contributed by atoms with Gasteiger partial charge in [0, 0.05) is 33.8 Å². The minimum atomic E-state index is -0.221. The normalized spacial score (nSPS) is 16.7. The lowest BCUT2D eigenvalue weighted by Crippen LogP contribution is -2.45. The molecular weight excluding hydrogens is 451 g/mol. The Hall–Kier alpha value is -0.860. The number of guanidine groups is 1. The average Bonchev–Trinajstić information content (AvgIpc) is 2.65. The number of nitrogens with zero attached hydrogens (tertiary/aromatic N) is 2. The van der Waals surface area contributed by atoms with Gasteiger partial charge >= 0.3 is 0 Å². The lowest BCUT2D eigenvalue weighted by Gasteiger charge is -2.30. The van der Waals surface area contributed by atoms with Crippen molar-refractivity contribution >= 4 is 29.9 Å². The van der Waals surface area contributed by atoms with Crippen molar-refractivity contribution < 1.29 is 4.74 Å². The van der Waals surface area contributed by atoms with Crippen LogP contribution in [0.4, 0.5) is 0 Å². The number of benzene rings is 1. The molecule has 0 atom stereocenters. The summed E-state index contributed by atoms with van der Waals surface area (Å²) in [5.74, 6) is 1.67. The number of ether oxygens (including phenoxy) is 1. The SMILES string of the molecule is CN=C(NCc1ccccc1CN1CCC(C)CC1)NCC(C)(C)OC.I. The van der Waals surface area contributed by atoms with E-state index in [2.05, 4.69) is 65.6 Å². The van der Waals surface area contributed by atoms with Gasteiger partial charge in [0.2, 0.25) is 0 Å². The molecule has 0 saturated carbocycles. The molecular formula is C21H37IN4O. The summed E-state index contributed by atoms with van der Waals surface area (Å²) in [5.41, 5.74) is 2.52. The van der Waals surface area contributed by atoms with E-state index in [0.717, 1.165) is 25.0 Å². The van der Waals surface area contributed by atoms with Crippen LogP contribution in [0.5, 0.6) is 0 Å². The number of nitrogens with one attached hydrogen (secondary N) is 2. The molecule has 154 valence electrons. The number of halogens is 1. The van der Waals surface area contributed by atoms with E-state index in [9.17, 15) is 0 Å². The number of likely N-dealkylation sites (tertiary alicyclic amines) is 1. The maximum atomic E-state index is 5.46. The van der Waals surface area contributed by atoms with Crippen molar-refractivity contribution in [1.29, 1.82) is 0 Å². The molecule has 1 aliphatic heterocycles. The summed E-state index contributed by atoms with van der Waals surface area (Å²) in [5, 5.41) is 6.77. The molecule has 2 N–H and O–H groups in total. The van der Waals surface area contributed by atoms with Crippen molar-refractivity contribution in [2.24, 2.45) is 10.9 Å². The highest BCUT2D eigenvalue weighted by Crippen LogP contribution is 2.19. The summed E-state index contributed by atoms with van der Waals surface area (Å²) in [6.45, 7) is 11.4. The molecule has 5 nitrogen and oxygen atoms in total. The van der Waals surface area contributed by atoms with Crippen LogP contribution in [0, 0.1) is 5.92 Å². The first-order valence-corrected chi connectivity index (χ1v) is 9.72. The van der Waals surface area contributed by atoms with Gasteiger partial charge < -0.3 is 15.4 Å². The van der Waals surface area contributed by atoms with Gasteiger partial charge in [-0.3, -0.25) is 9.89 Å². The number of methoxy groups -OCH3 is 1. The van der Waals surface area contributed by atoms with Gasteiger partial charge in [-0.15, -0.1) is 24.0 Å². The molecule has 6 heteroatoms. The second kappa shape index (κ2) is 11.9. The average molecular weight is 488 g/mol. The van der Waals surface area contributed by atoms with Crippen molar-refractivity contribution in [3.63, 3.8) is 0 Å². The van der Waals surface area contributed by atoms with Crippen molar-refractivity contribution in [2.75, 3.05) is 33.8 Å². The maximum Gasteiger partial charge on any atom is 0.191 e. The smallest absolute Gasteiger partial charge is 0.191 e. The van der Waals surface area contributed by atoms with E-state index in [-0.39, 0.29) is 29.6 Å². The highest BCUT2D eigenvalue weighted by molar-refractivity contribution is 14.0. The first-order chi connectivity index (χ1) is 12.4. The molecule has 0 unspecified atom stereocenters. The third-order valence-electron chi connectivity index (χ3n) is 5.29. The molecule has 0 bridgehead atoms. The van der Waals surface area contributed by atoms with E-state index in [1.807, 2.05) is 0 Å². The number of piperidine rings is 1. The van der Waals surface area contributed by atoms with Crippen LogP contribution in [-0.4, -0.2) is 50.3 Å². The first-order valence-electron chi connectivity index (χ1n) is 9.72. The van der Waals surface area contributed by atoms with Crippen LogP contribution >= 0.6 is 24.0 Å². The second-order valence-corrected chi connectivity index (χ2v) is 7.97. The molecule has 2 rings (SSSR count). The summed E-state index contributed by atoms with van der Waals surface area (Å²) in [6.07, 6.45) is 2.62. The predicted molar refractivity (Wildman–Crippen MR) is 125 cm³/mol. The Morgan fingerprint density at radius 3 is 2.41 bits per heavy atom. The summed E-state index contributed by atoms with van der Waals surface area (Å²) in [6, 6.07) is 8.71. The Balaban J connectivity index is 0.00000364. The highest BCUT2D eigenvalue weighted by Gasteiger charge is 2.18. The topological polar surface area (TPSA) is 48.9 Å². The summed E-state index contributed by atoms with van der Waals surface area (Å²) in [4.78, 5) is 6.90. The first kappa shape index (κ1) is 24.2. The molecule has 27 heavy (non-hydrogen) atoms. The van der Waals surface area contributed by atoms with Crippen LogP contribution in [0.1, 0.15) is 44.7 Å². The van der Waals surface area contributed by atoms with Gasteiger partial charge in [-0.1, -0.05) is 31.2 Å². The summed E-state index contributed by atoms with van der Waals surface area (Å²) >= 11 is 0. The third kappa shape index (κ3) is 8.35. The van der Waals surface area contributed by atoms with Crippen molar-refractivity contribution in [3.8, 4) is 0 Å². The minimum absolute atomic E-state index is 0. The number of rotatable bonds is 7. The van der Waals surface area contributed by atoms with Crippen LogP contribution in [0.15, 0.2) is 29.3 Å². The van der Waals surface area contributed by atoms with Crippen molar-refractivity contribution in [2.45, 2.75) is 52.3 Å². The molecule has 1 saturated heterocycles. The van der Waals surface area contributed by atoms with Crippen molar-refractivity contribution in [3.05, 3.63) is 35.4 Å². The summed E-state index contributed by atoms with van der Waals surface area (Å²) in [7, 11) is 3.53. The van der Waals surface area contributed by atoms with E-state index in [0.29, 0.717) is 6.54 Å². The number of aliphatic imine (C=N–C) groups is 1. The van der Waals surface area contributed by atoms with E-state index in [4.69, 9.17) is 4.74 Å². The number of hydrogen-bond donors (Lipinski definition) is 2. The zero-order valence-corrected chi connectivity index (χ0v) is 19.9. The van der Waals surface area contributed by atoms with Gasteiger partial charge in [-0.05, 0) is 56.8 Å². The second-order valence-electron chi connectivity index (χ2n) is 7.97. The predicted octanol–water partition coefficient (Wildman–Crippen LogP) is 3.63. The van der Waals surface area contributed by atoms with Crippen LogP contribution in [0.2, 0.25) is 0 Å². The largest absolute Gasteiger partial charge is 0.377 e. The standard InChI is InChI=1S/C21H36N4O.HI/c1-17-10-12-25(13-11-17)15-19-9-7-6-8-18(19)14-23-20(22-4)24-16-21(2,3)26-5;/h6-9,17H,10-16H2,1-5H3,(H2,22,23,24);1H. The molecule has 1 heterocycles. The van der Waals surface area contributed by atoms with Crippen LogP contribution in [0.25, 0.3) is 0 Å². The monoisotopic (exact) mass is 488 g/mol. The third-order valence-corrected chi connectivity index (χ3v) is 5.29. The molecule has 0 aromatic heterocycles. The van der Waals surface area contributed by atoms with Gasteiger partial charge in [-0.2, -0.15) is 0 Å². The molecule has 0 radical (unpaired) electrons. The lowest BCUT2D eigenvalue weighted by molar-refractivity contribution is 0.0268. The fourth-order valence-corrected chi connectivity index (χ4v) is 3.11. The Morgan fingerprint density at radius 1 is 1.19 bits per heavy atom.